The van der Waals surface area contributed by atoms with Crippen LogP contribution in [0.2, 0.25) is 0 Å². The molecule has 0 amide bonds. The normalized spacial score (nSPS) is 38.6. The van der Waals surface area contributed by atoms with Gasteiger partial charge in [-0.2, -0.15) is 0 Å². The molecule has 3 fully saturated rings. The predicted molar refractivity (Wildman–Crippen MR) is 71.0 cm³/mol. The van der Waals surface area contributed by atoms with Crippen LogP contribution in [0.4, 0.5) is 0 Å². The van der Waals surface area contributed by atoms with Gasteiger partial charge >= 0.3 is 0 Å². The fourth-order valence-corrected chi connectivity index (χ4v) is 4.38. The Labute approximate surface area is 105 Å². The number of nitrogens with zero attached hydrogens (tertiary/aromatic N) is 2. The van der Waals surface area contributed by atoms with Gasteiger partial charge < -0.3 is 5.73 Å². The lowest BCUT2D eigenvalue weighted by Gasteiger charge is -2.47. The first-order valence-corrected chi connectivity index (χ1v) is 7.52. The summed E-state index contributed by atoms with van der Waals surface area (Å²) in [6.45, 7) is 6.96. The van der Waals surface area contributed by atoms with Crippen LogP contribution < -0.4 is 5.73 Å². The third kappa shape index (κ3) is 1.83. The summed E-state index contributed by atoms with van der Waals surface area (Å²) in [5, 5.41) is 0. The van der Waals surface area contributed by atoms with E-state index in [1.54, 1.807) is 0 Å². The zero-order valence-electron chi connectivity index (χ0n) is 11.2. The Morgan fingerprint density at radius 2 is 2.06 bits per heavy atom. The topological polar surface area (TPSA) is 32.5 Å². The van der Waals surface area contributed by atoms with Crippen molar-refractivity contribution in [3.8, 4) is 0 Å². The Kier molecular flexibility index (Phi) is 3.18. The van der Waals surface area contributed by atoms with Gasteiger partial charge in [-0.15, -0.1) is 0 Å². The molecular formula is C14H27N3. The van der Waals surface area contributed by atoms with Gasteiger partial charge in [0.15, 0.2) is 0 Å². The van der Waals surface area contributed by atoms with Crippen LogP contribution in [0.1, 0.15) is 45.4 Å². The van der Waals surface area contributed by atoms with Crippen molar-refractivity contribution in [2.45, 2.75) is 63.1 Å². The molecule has 2 unspecified atom stereocenters. The molecule has 3 aliphatic rings. The van der Waals surface area contributed by atoms with Crippen molar-refractivity contribution in [2.75, 3.05) is 26.2 Å². The Balaban J connectivity index is 1.84. The van der Waals surface area contributed by atoms with E-state index < -0.39 is 0 Å². The molecule has 2 saturated heterocycles. The van der Waals surface area contributed by atoms with Crippen molar-refractivity contribution in [1.29, 1.82) is 0 Å². The van der Waals surface area contributed by atoms with Gasteiger partial charge in [0.25, 0.3) is 0 Å². The average molecular weight is 237 g/mol. The number of rotatable bonds is 4. The van der Waals surface area contributed by atoms with E-state index in [0.717, 1.165) is 18.6 Å². The molecule has 0 bridgehead atoms. The van der Waals surface area contributed by atoms with Gasteiger partial charge in [-0.25, -0.2) is 0 Å². The summed E-state index contributed by atoms with van der Waals surface area (Å²) in [4.78, 5) is 5.49. The maximum Gasteiger partial charge on any atom is 0.0501 e. The largest absolute Gasteiger partial charge is 0.329 e. The number of hydrogen-bond acceptors (Lipinski definition) is 3. The van der Waals surface area contributed by atoms with Gasteiger partial charge in [-0.05, 0) is 45.2 Å². The Bertz CT molecular complexity index is 277. The summed E-state index contributed by atoms with van der Waals surface area (Å²) in [6, 6.07) is 1.60. The van der Waals surface area contributed by atoms with Crippen molar-refractivity contribution in [2.24, 2.45) is 5.73 Å². The molecule has 2 heterocycles. The van der Waals surface area contributed by atoms with Crippen LogP contribution in [0.15, 0.2) is 0 Å². The molecule has 0 aromatic carbocycles. The van der Waals surface area contributed by atoms with Crippen LogP contribution in [0.25, 0.3) is 0 Å². The highest BCUT2D eigenvalue weighted by atomic mass is 15.3. The average Bonchev–Trinajstić information content (AvgIpc) is 3.13. The van der Waals surface area contributed by atoms with Crippen LogP contribution in [0, 0.1) is 0 Å². The van der Waals surface area contributed by atoms with Gasteiger partial charge in [-0.1, -0.05) is 13.3 Å². The van der Waals surface area contributed by atoms with Crippen molar-refractivity contribution in [1.82, 2.24) is 9.80 Å². The lowest BCUT2D eigenvalue weighted by atomic mass is 9.83. The van der Waals surface area contributed by atoms with Crippen LogP contribution in [-0.4, -0.2) is 53.6 Å². The van der Waals surface area contributed by atoms with Gasteiger partial charge in [0.2, 0.25) is 0 Å². The SMILES string of the molecule is CCN(C1CC1)C1(CN)CCN2CCCCC21. The minimum absolute atomic E-state index is 0.316. The number of piperidine rings is 1. The highest BCUT2D eigenvalue weighted by Crippen LogP contribution is 2.43. The molecule has 2 atom stereocenters. The van der Waals surface area contributed by atoms with Crippen molar-refractivity contribution < 1.29 is 0 Å². The Morgan fingerprint density at radius 3 is 2.71 bits per heavy atom. The zero-order valence-corrected chi connectivity index (χ0v) is 11.2. The second-order valence-electron chi connectivity index (χ2n) is 6.12. The fourth-order valence-electron chi connectivity index (χ4n) is 4.38. The highest BCUT2D eigenvalue weighted by Gasteiger charge is 2.53. The van der Waals surface area contributed by atoms with Crippen molar-refractivity contribution in [3.05, 3.63) is 0 Å². The predicted octanol–water partition coefficient (Wildman–Crippen LogP) is 1.43. The molecule has 2 N–H and O–H groups in total. The molecule has 98 valence electrons. The van der Waals surface area contributed by atoms with E-state index in [1.165, 1.54) is 58.2 Å². The molecule has 0 radical (unpaired) electrons. The minimum Gasteiger partial charge on any atom is -0.329 e. The third-order valence-corrected chi connectivity index (χ3v) is 5.32. The first kappa shape index (κ1) is 11.9. The summed E-state index contributed by atoms with van der Waals surface area (Å²) in [5.74, 6) is 0. The molecule has 3 nitrogen and oxygen atoms in total. The zero-order chi connectivity index (χ0) is 11.9. The molecule has 1 saturated carbocycles. The molecule has 17 heavy (non-hydrogen) atoms. The number of likely N-dealkylation sites (N-methyl/N-ethyl adjacent to an activating group) is 1. The second-order valence-corrected chi connectivity index (χ2v) is 6.12. The minimum atomic E-state index is 0.316. The van der Waals surface area contributed by atoms with Gasteiger partial charge in [0.1, 0.15) is 0 Å². The smallest absolute Gasteiger partial charge is 0.0501 e. The molecule has 3 heteroatoms. The maximum atomic E-state index is 6.25. The van der Waals surface area contributed by atoms with E-state index in [-0.39, 0.29) is 0 Å². The van der Waals surface area contributed by atoms with Crippen molar-refractivity contribution in [3.63, 3.8) is 0 Å². The van der Waals surface area contributed by atoms with Crippen LogP contribution >= 0.6 is 0 Å². The fraction of sp³-hybridized carbons (Fsp3) is 1.00. The van der Waals surface area contributed by atoms with E-state index in [2.05, 4.69) is 16.7 Å². The molecule has 0 aromatic rings. The third-order valence-electron chi connectivity index (χ3n) is 5.32. The van der Waals surface area contributed by atoms with Gasteiger partial charge in [-0.3, -0.25) is 9.80 Å². The quantitative estimate of drug-likeness (QED) is 0.803. The molecule has 3 rings (SSSR count). The Morgan fingerprint density at radius 1 is 1.24 bits per heavy atom. The van der Waals surface area contributed by atoms with Crippen molar-refractivity contribution >= 4 is 0 Å². The number of nitrogens with two attached hydrogens (primary N) is 1. The van der Waals surface area contributed by atoms with Gasteiger partial charge in [0, 0.05) is 25.2 Å². The lowest BCUT2D eigenvalue weighted by molar-refractivity contribution is 0.0350. The summed E-state index contributed by atoms with van der Waals surface area (Å²) in [7, 11) is 0. The molecule has 2 aliphatic heterocycles. The molecule has 0 aromatic heterocycles. The highest BCUT2D eigenvalue weighted by molar-refractivity contribution is 5.11. The van der Waals surface area contributed by atoms with E-state index in [9.17, 15) is 0 Å². The summed E-state index contributed by atoms with van der Waals surface area (Å²) < 4.78 is 0. The summed E-state index contributed by atoms with van der Waals surface area (Å²) >= 11 is 0. The van der Waals surface area contributed by atoms with Gasteiger partial charge in [0.05, 0.1) is 5.54 Å². The second kappa shape index (κ2) is 4.52. The van der Waals surface area contributed by atoms with E-state index in [0.29, 0.717) is 5.54 Å². The molecular weight excluding hydrogens is 210 g/mol. The monoisotopic (exact) mass is 237 g/mol. The maximum absolute atomic E-state index is 6.25. The number of hydrogen-bond donors (Lipinski definition) is 1. The van der Waals surface area contributed by atoms with E-state index in [4.69, 9.17) is 5.73 Å². The summed E-state index contributed by atoms with van der Waals surface area (Å²) in [6.07, 6.45) is 8.29. The van der Waals surface area contributed by atoms with Crippen LogP contribution in [0.5, 0.6) is 0 Å². The van der Waals surface area contributed by atoms with Crippen LogP contribution in [-0.2, 0) is 0 Å². The Hall–Kier alpha value is -0.120. The van der Waals surface area contributed by atoms with E-state index in [1.807, 2.05) is 0 Å². The summed E-state index contributed by atoms with van der Waals surface area (Å²) in [5.41, 5.74) is 6.57. The van der Waals surface area contributed by atoms with Crippen LogP contribution in [0.3, 0.4) is 0 Å². The molecule has 0 spiro atoms. The molecule has 1 aliphatic carbocycles. The number of fused-ring (bicyclic) bond motifs is 1. The van der Waals surface area contributed by atoms with E-state index >= 15 is 0 Å². The first-order valence-electron chi connectivity index (χ1n) is 7.52. The standard InChI is InChI=1S/C14H27N3/c1-2-17(12-6-7-12)14(11-15)8-10-16-9-4-3-5-13(14)16/h12-13H,2-11,15H2,1H3. The first-order chi connectivity index (χ1) is 8.31. The lowest BCUT2D eigenvalue weighted by Crippen LogP contribution is -2.62.